The van der Waals surface area contributed by atoms with Crippen LogP contribution < -0.4 is 0 Å². The van der Waals surface area contributed by atoms with Crippen LogP contribution in [0.3, 0.4) is 0 Å². The van der Waals surface area contributed by atoms with E-state index in [4.69, 9.17) is 0 Å². The van der Waals surface area contributed by atoms with Crippen LogP contribution in [0.1, 0.15) is 24.8 Å². The number of likely N-dealkylation sites (tertiary alicyclic amines) is 1. The molecule has 0 unspecified atom stereocenters. The van der Waals surface area contributed by atoms with Crippen LogP contribution in [0.5, 0.6) is 0 Å². The van der Waals surface area contributed by atoms with Crippen LogP contribution in [0.4, 0.5) is 0 Å². The van der Waals surface area contributed by atoms with Gasteiger partial charge in [0.05, 0.1) is 0 Å². The summed E-state index contributed by atoms with van der Waals surface area (Å²) in [5, 5.41) is 1.37. The summed E-state index contributed by atoms with van der Waals surface area (Å²) in [6.07, 6.45) is 6.32. The molecule has 18 heavy (non-hydrogen) atoms. The Morgan fingerprint density at radius 1 is 1.22 bits per heavy atom. The number of rotatable bonds is 2. The van der Waals surface area contributed by atoms with Crippen molar-refractivity contribution in [2.75, 3.05) is 13.6 Å². The zero-order valence-corrected chi connectivity index (χ0v) is 11.4. The maximum atomic E-state index is 2.52. The molecule has 1 saturated heterocycles. The van der Waals surface area contributed by atoms with Crippen LogP contribution >= 0.6 is 0 Å². The van der Waals surface area contributed by atoms with E-state index in [0.29, 0.717) is 6.04 Å². The molecule has 0 aliphatic carbocycles. The van der Waals surface area contributed by atoms with Gasteiger partial charge >= 0.3 is 0 Å². The first-order valence-corrected chi connectivity index (χ1v) is 7.00. The Bertz CT molecular complexity index is 541. The van der Waals surface area contributed by atoms with Crippen LogP contribution in [0.2, 0.25) is 0 Å². The van der Waals surface area contributed by atoms with Crippen LogP contribution in [-0.2, 0) is 6.54 Å². The fourth-order valence-corrected chi connectivity index (χ4v) is 3.08. The third kappa shape index (κ3) is 2.17. The molecule has 0 bridgehead atoms. The molecule has 2 heterocycles. The van der Waals surface area contributed by atoms with Gasteiger partial charge in [-0.25, -0.2) is 0 Å². The number of fused-ring (bicyclic) bond motifs is 1. The smallest absolute Gasteiger partial charge is 0.0480 e. The summed E-state index contributed by atoms with van der Waals surface area (Å²) in [4.78, 5) is 2.52. The molecule has 0 saturated carbocycles. The highest BCUT2D eigenvalue weighted by Crippen LogP contribution is 2.21. The fourth-order valence-electron chi connectivity index (χ4n) is 3.08. The number of benzene rings is 1. The molecule has 2 nitrogen and oxygen atoms in total. The second kappa shape index (κ2) is 4.77. The van der Waals surface area contributed by atoms with Crippen molar-refractivity contribution >= 4 is 10.9 Å². The minimum absolute atomic E-state index is 0.704. The Kier molecular flexibility index (Phi) is 3.13. The summed E-state index contributed by atoms with van der Waals surface area (Å²) in [5.41, 5.74) is 2.72. The molecule has 0 spiro atoms. The van der Waals surface area contributed by atoms with Gasteiger partial charge in [-0.2, -0.15) is 0 Å². The highest BCUT2D eigenvalue weighted by atomic mass is 15.2. The molecule has 1 aliphatic heterocycles. The molecule has 0 radical (unpaired) electrons. The van der Waals surface area contributed by atoms with E-state index in [1.807, 2.05) is 0 Å². The van der Waals surface area contributed by atoms with E-state index in [9.17, 15) is 0 Å². The zero-order valence-electron chi connectivity index (χ0n) is 11.4. The fraction of sp³-hybridized carbons (Fsp3) is 0.500. The zero-order chi connectivity index (χ0) is 12.5. The molecule has 1 aromatic carbocycles. The van der Waals surface area contributed by atoms with E-state index in [-0.39, 0.29) is 0 Å². The SMILES string of the molecule is Cc1ccc2c(ccn2C[C@@H]2CCCCN2C)c1. The normalized spacial score (nSPS) is 21.6. The number of hydrogen-bond acceptors (Lipinski definition) is 1. The lowest BCUT2D eigenvalue weighted by molar-refractivity contribution is 0.169. The molecule has 1 atom stereocenters. The molecule has 2 aromatic rings. The molecule has 1 aliphatic rings. The number of hydrogen-bond donors (Lipinski definition) is 0. The molecule has 1 fully saturated rings. The van der Waals surface area contributed by atoms with E-state index in [0.717, 1.165) is 6.54 Å². The Hall–Kier alpha value is -1.28. The van der Waals surface area contributed by atoms with Crippen LogP contribution in [-0.4, -0.2) is 29.1 Å². The molecule has 3 rings (SSSR count). The third-order valence-electron chi connectivity index (χ3n) is 4.26. The van der Waals surface area contributed by atoms with Gasteiger partial charge in [0.15, 0.2) is 0 Å². The summed E-state index contributed by atoms with van der Waals surface area (Å²) in [6.45, 7) is 4.54. The minimum Gasteiger partial charge on any atom is -0.346 e. The first kappa shape index (κ1) is 11.8. The Morgan fingerprint density at radius 3 is 2.94 bits per heavy atom. The standard InChI is InChI=1S/C16H22N2/c1-13-6-7-16-14(11-13)8-10-18(16)12-15-5-3-4-9-17(15)2/h6-8,10-11,15H,3-5,9,12H2,1-2H3/t15-/m0/s1. The Balaban J connectivity index is 1.86. The van der Waals surface area contributed by atoms with Crippen molar-refractivity contribution in [1.29, 1.82) is 0 Å². The number of nitrogens with zero attached hydrogens (tertiary/aromatic N) is 2. The lowest BCUT2D eigenvalue weighted by Crippen LogP contribution is -2.38. The largest absolute Gasteiger partial charge is 0.346 e. The second-order valence-electron chi connectivity index (χ2n) is 5.66. The summed E-state index contributed by atoms with van der Waals surface area (Å²) in [6, 6.07) is 9.69. The van der Waals surface area contributed by atoms with E-state index in [2.05, 4.69) is 53.9 Å². The minimum atomic E-state index is 0.704. The van der Waals surface area contributed by atoms with Gasteiger partial charge in [-0.05, 0) is 56.9 Å². The summed E-state index contributed by atoms with van der Waals surface area (Å²) in [7, 11) is 2.26. The predicted molar refractivity (Wildman–Crippen MR) is 76.9 cm³/mol. The Labute approximate surface area is 109 Å². The molecular weight excluding hydrogens is 220 g/mol. The lowest BCUT2D eigenvalue weighted by Gasteiger charge is -2.32. The topological polar surface area (TPSA) is 8.17 Å². The van der Waals surface area contributed by atoms with Crippen LogP contribution in [0, 0.1) is 6.92 Å². The first-order valence-electron chi connectivity index (χ1n) is 7.00. The van der Waals surface area contributed by atoms with E-state index in [1.165, 1.54) is 42.3 Å². The molecule has 1 aromatic heterocycles. The molecule has 96 valence electrons. The van der Waals surface area contributed by atoms with Gasteiger partial charge in [-0.1, -0.05) is 18.1 Å². The highest BCUT2D eigenvalue weighted by molar-refractivity contribution is 5.80. The van der Waals surface area contributed by atoms with Crippen molar-refractivity contribution < 1.29 is 0 Å². The number of likely N-dealkylation sites (N-methyl/N-ethyl adjacent to an activating group) is 1. The van der Waals surface area contributed by atoms with Gasteiger partial charge in [0.25, 0.3) is 0 Å². The van der Waals surface area contributed by atoms with Crippen LogP contribution in [0.25, 0.3) is 10.9 Å². The van der Waals surface area contributed by atoms with Crippen molar-refractivity contribution in [2.45, 2.75) is 38.8 Å². The summed E-state index contributed by atoms with van der Waals surface area (Å²) in [5.74, 6) is 0. The van der Waals surface area contributed by atoms with E-state index in [1.54, 1.807) is 0 Å². The number of piperidine rings is 1. The average Bonchev–Trinajstić information content (AvgIpc) is 2.74. The van der Waals surface area contributed by atoms with Gasteiger partial charge < -0.3 is 9.47 Å². The third-order valence-corrected chi connectivity index (χ3v) is 4.26. The number of aromatic nitrogens is 1. The highest BCUT2D eigenvalue weighted by Gasteiger charge is 2.19. The molecule has 0 amide bonds. The maximum absolute atomic E-state index is 2.52. The van der Waals surface area contributed by atoms with Crippen molar-refractivity contribution in [3.8, 4) is 0 Å². The van der Waals surface area contributed by atoms with Crippen LogP contribution in [0.15, 0.2) is 30.5 Å². The van der Waals surface area contributed by atoms with Crippen molar-refractivity contribution in [1.82, 2.24) is 9.47 Å². The van der Waals surface area contributed by atoms with Crippen molar-refractivity contribution in [2.24, 2.45) is 0 Å². The molecule has 0 N–H and O–H groups in total. The van der Waals surface area contributed by atoms with Gasteiger partial charge in [-0.3, -0.25) is 0 Å². The second-order valence-corrected chi connectivity index (χ2v) is 5.66. The quantitative estimate of drug-likeness (QED) is 0.783. The van der Waals surface area contributed by atoms with Gasteiger partial charge in [0.1, 0.15) is 0 Å². The first-order chi connectivity index (χ1) is 8.74. The lowest BCUT2D eigenvalue weighted by atomic mass is 10.0. The van der Waals surface area contributed by atoms with Crippen molar-refractivity contribution in [3.63, 3.8) is 0 Å². The van der Waals surface area contributed by atoms with Gasteiger partial charge in [0, 0.05) is 24.3 Å². The monoisotopic (exact) mass is 242 g/mol. The number of aryl methyl sites for hydroxylation is 1. The van der Waals surface area contributed by atoms with Crippen molar-refractivity contribution in [3.05, 3.63) is 36.0 Å². The maximum Gasteiger partial charge on any atom is 0.0480 e. The predicted octanol–water partition coefficient (Wildman–Crippen LogP) is 3.43. The van der Waals surface area contributed by atoms with E-state index >= 15 is 0 Å². The van der Waals surface area contributed by atoms with E-state index < -0.39 is 0 Å². The Morgan fingerprint density at radius 2 is 2.11 bits per heavy atom. The summed E-state index contributed by atoms with van der Waals surface area (Å²) >= 11 is 0. The molecule has 2 heteroatoms. The van der Waals surface area contributed by atoms with Gasteiger partial charge in [0.2, 0.25) is 0 Å². The van der Waals surface area contributed by atoms with Gasteiger partial charge in [-0.15, -0.1) is 0 Å². The molecular formula is C16H22N2. The summed E-state index contributed by atoms with van der Waals surface area (Å²) < 4.78 is 2.42. The average molecular weight is 242 g/mol.